The van der Waals surface area contributed by atoms with Crippen LogP contribution in [0.15, 0.2) is 23.4 Å². The third-order valence-corrected chi connectivity index (χ3v) is 3.18. The normalized spacial score (nSPS) is 10.5. The summed E-state index contributed by atoms with van der Waals surface area (Å²) < 4.78 is 0. The zero-order valence-corrected chi connectivity index (χ0v) is 11.1. The van der Waals surface area contributed by atoms with Crippen molar-refractivity contribution in [1.29, 1.82) is 0 Å². The molecule has 17 heavy (non-hydrogen) atoms. The molecule has 88 valence electrons. The van der Waals surface area contributed by atoms with Gasteiger partial charge < -0.3 is 5.73 Å². The number of hydrogen-bond donors (Lipinski definition) is 1. The van der Waals surface area contributed by atoms with Crippen LogP contribution in [0.25, 0.3) is 11.4 Å². The van der Waals surface area contributed by atoms with Crippen LogP contribution in [-0.4, -0.2) is 21.2 Å². The van der Waals surface area contributed by atoms with Gasteiger partial charge in [-0.3, -0.25) is 0 Å². The smallest absolute Gasteiger partial charge is 0.224 e. The van der Waals surface area contributed by atoms with Gasteiger partial charge >= 0.3 is 0 Å². The van der Waals surface area contributed by atoms with E-state index in [0.29, 0.717) is 26.6 Å². The van der Waals surface area contributed by atoms with E-state index in [0.717, 1.165) is 0 Å². The molecule has 0 atom stereocenters. The second-order valence-electron chi connectivity index (χ2n) is 3.10. The van der Waals surface area contributed by atoms with Crippen molar-refractivity contribution in [2.75, 3.05) is 12.0 Å². The molecular weight excluding hydrogens is 279 g/mol. The highest BCUT2D eigenvalue weighted by Crippen LogP contribution is 2.32. The fourth-order valence-corrected chi connectivity index (χ4v) is 2.22. The van der Waals surface area contributed by atoms with E-state index in [1.54, 1.807) is 18.2 Å². The molecule has 0 saturated carbocycles. The molecule has 0 amide bonds. The maximum absolute atomic E-state index is 6.08. The molecule has 0 aliphatic rings. The Kier molecular flexibility index (Phi) is 3.71. The van der Waals surface area contributed by atoms with Crippen molar-refractivity contribution in [3.8, 4) is 11.4 Å². The molecule has 2 aromatic rings. The Morgan fingerprint density at radius 2 is 1.76 bits per heavy atom. The van der Waals surface area contributed by atoms with E-state index in [1.165, 1.54) is 11.8 Å². The number of nitrogen functional groups attached to an aromatic ring is 1. The van der Waals surface area contributed by atoms with Gasteiger partial charge in [0, 0.05) is 0 Å². The molecular formula is C10H8Cl2N4S. The van der Waals surface area contributed by atoms with Crippen LogP contribution in [-0.2, 0) is 0 Å². The van der Waals surface area contributed by atoms with Crippen molar-refractivity contribution in [3.63, 3.8) is 0 Å². The molecule has 1 heterocycles. The van der Waals surface area contributed by atoms with E-state index in [1.807, 2.05) is 6.26 Å². The number of aromatic nitrogens is 3. The Bertz CT molecular complexity index is 542. The summed E-state index contributed by atoms with van der Waals surface area (Å²) in [5.74, 6) is 0.535. The highest BCUT2D eigenvalue weighted by atomic mass is 35.5. The number of halogens is 2. The highest BCUT2D eigenvalue weighted by molar-refractivity contribution is 7.98. The zero-order valence-electron chi connectivity index (χ0n) is 8.82. The average molecular weight is 287 g/mol. The number of thioether (sulfide) groups is 1. The SMILES string of the molecule is CSc1nc(N)nc(-c2c(Cl)cccc2Cl)n1. The summed E-state index contributed by atoms with van der Waals surface area (Å²) in [5, 5.41) is 1.49. The number of anilines is 1. The molecule has 0 fully saturated rings. The predicted molar refractivity (Wildman–Crippen MR) is 71.5 cm³/mol. The van der Waals surface area contributed by atoms with Crippen molar-refractivity contribution in [3.05, 3.63) is 28.2 Å². The van der Waals surface area contributed by atoms with Crippen molar-refractivity contribution >= 4 is 40.9 Å². The molecule has 0 radical (unpaired) electrons. The summed E-state index contributed by atoms with van der Waals surface area (Å²) in [6.45, 7) is 0. The molecule has 7 heteroatoms. The second kappa shape index (κ2) is 5.08. The van der Waals surface area contributed by atoms with Gasteiger partial charge in [0.25, 0.3) is 0 Å². The predicted octanol–water partition coefficient (Wildman–Crippen LogP) is 3.15. The minimum absolute atomic E-state index is 0.148. The van der Waals surface area contributed by atoms with Crippen molar-refractivity contribution in [2.24, 2.45) is 0 Å². The molecule has 2 N–H and O–H groups in total. The van der Waals surface area contributed by atoms with Crippen LogP contribution in [0.4, 0.5) is 5.95 Å². The summed E-state index contributed by atoms with van der Waals surface area (Å²) in [6, 6.07) is 5.21. The van der Waals surface area contributed by atoms with Gasteiger partial charge in [0.2, 0.25) is 5.95 Å². The Hall–Kier alpha value is -1.04. The Labute approximate surface area is 113 Å². The van der Waals surface area contributed by atoms with Crippen LogP contribution in [0.2, 0.25) is 10.0 Å². The van der Waals surface area contributed by atoms with Gasteiger partial charge in [0.15, 0.2) is 11.0 Å². The maximum atomic E-state index is 6.08. The lowest BCUT2D eigenvalue weighted by Crippen LogP contribution is -2.01. The number of nitrogens with two attached hydrogens (primary N) is 1. The molecule has 0 unspecified atom stereocenters. The van der Waals surface area contributed by atoms with Gasteiger partial charge in [-0.05, 0) is 18.4 Å². The number of rotatable bonds is 2. The standard InChI is InChI=1S/C10H8Cl2N4S/c1-17-10-15-8(14-9(13)16-10)7-5(11)3-2-4-6(7)12/h2-4H,1H3,(H2,13,14,15,16). The van der Waals surface area contributed by atoms with E-state index in [-0.39, 0.29) is 5.95 Å². The van der Waals surface area contributed by atoms with Crippen molar-refractivity contribution in [2.45, 2.75) is 5.16 Å². The third-order valence-electron chi connectivity index (χ3n) is 2.00. The largest absolute Gasteiger partial charge is 0.368 e. The first-order valence-corrected chi connectivity index (χ1v) is 6.60. The van der Waals surface area contributed by atoms with Gasteiger partial charge in [-0.25, -0.2) is 4.98 Å². The average Bonchev–Trinajstić information content (AvgIpc) is 2.28. The molecule has 4 nitrogen and oxygen atoms in total. The van der Waals surface area contributed by atoms with E-state index in [4.69, 9.17) is 28.9 Å². The molecule has 0 aliphatic carbocycles. The van der Waals surface area contributed by atoms with E-state index >= 15 is 0 Å². The minimum atomic E-state index is 0.148. The van der Waals surface area contributed by atoms with Gasteiger partial charge in [0.05, 0.1) is 15.6 Å². The summed E-state index contributed by atoms with van der Waals surface area (Å²) in [5.41, 5.74) is 6.18. The van der Waals surface area contributed by atoms with Crippen LogP contribution in [0.1, 0.15) is 0 Å². The quantitative estimate of drug-likeness (QED) is 0.859. The van der Waals surface area contributed by atoms with Gasteiger partial charge in [-0.2, -0.15) is 9.97 Å². The molecule has 0 saturated heterocycles. The lowest BCUT2D eigenvalue weighted by Gasteiger charge is -2.06. The zero-order chi connectivity index (χ0) is 12.4. The van der Waals surface area contributed by atoms with Gasteiger partial charge in [-0.15, -0.1) is 0 Å². The first-order chi connectivity index (χ1) is 8.11. The molecule has 2 rings (SSSR count). The second-order valence-corrected chi connectivity index (χ2v) is 4.69. The Morgan fingerprint density at radius 1 is 1.12 bits per heavy atom. The molecule has 1 aromatic heterocycles. The topological polar surface area (TPSA) is 64.7 Å². The Balaban J connectivity index is 2.64. The van der Waals surface area contributed by atoms with E-state index in [9.17, 15) is 0 Å². The number of benzene rings is 1. The lowest BCUT2D eigenvalue weighted by atomic mass is 10.2. The summed E-state index contributed by atoms with van der Waals surface area (Å²) in [6.07, 6.45) is 1.85. The van der Waals surface area contributed by atoms with Crippen LogP contribution in [0.3, 0.4) is 0 Å². The minimum Gasteiger partial charge on any atom is -0.368 e. The number of nitrogens with zero attached hydrogens (tertiary/aromatic N) is 3. The highest BCUT2D eigenvalue weighted by Gasteiger charge is 2.13. The Morgan fingerprint density at radius 3 is 2.35 bits per heavy atom. The lowest BCUT2D eigenvalue weighted by molar-refractivity contribution is 0.927. The van der Waals surface area contributed by atoms with Crippen LogP contribution in [0.5, 0.6) is 0 Å². The summed E-state index contributed by atoms with van der Waals surface area (Å²) in [7, 11) is 0. The molecule has 1 aromatic carbocycles. The summed E-state index contributed by atoms with van der Waals surface area (Å²) in [4.78, 5) is 12.3. The van der Waals surface area contributed by atoms with Crippen molar-refractivity contribution < 1.29 is 0 Å². The fourth-order valence-electron chi connectivity index (χ4n) is 1.29. The number of hydrogen-bond acceptors (Lipinski definition) is 5. The summed E-state index contributed by atoms with van der Waals surface area (Å²) >= 11 is 13.5. The molecule has 0 bridgehead atoms. The third kappa shape index (κ3) is 2.62. The van der Waals surface area contributed by atoms with Crippen LogP contribution >= 0.6 is 35.0 Å². The first-order valence-electron chi connectivity index (χ1n) is 4.61. The monoisotopic (exact) mass is 286 g/mol. The van der Waals surface area contributed by atoms with Gasteiger partial charge in [-0.1, -0.05) is 41.0 Å². The molecule has 0 aliphatic heterocycles. The first kappa shape index (κ1) is 12.4. The van der Waals surface area contributed by atoms with Gasteiger partial charge in [0.1, 0.15) is 0 Å². The van der Waals surface area contributed by atoms with Crippen LogP contribution < -0.4 is 5.73 Å². The van der Waals surface area contributed by atoms with E-state index in [2.05, 4.69) is 15.0 Å². The van der Waals surface area contributed by atoms with Crippen molar-refractivity contribution in [1.82, 2.24) is 15.0 Å². The van der Waals surface area contributed by atoms with E-state index < -0.39 is 0 Å². The van der Waals surface area contributed by atoms with Crippen LogP contribution in [0, 0.1) is 0 Å². The maximum Gasteiger partial charge on any atom is 0.224 e. The molecule has 0 spiro atoms. The fraction of sp³-hybridized carbons (Fsp3) is 0.100.